The number of amidine groups is 1. The molecule has 9 nitrogen and oxygen atoms in total. The molecule has 0 aromatic heterocycles. The second-order valence-corrected chi connectivity index (χ2v) is 11.7. The van der Waals surface area contributed by atoms with E-state index in [0.717, 1.165) is 31.4 Å². The molecule has 1 atom stereocenters. The Hall–Kier alpha value is -4.94. The van der Waals surface area contributed by atoms with Gasteiger partial charge in [0.1, 0.15) is 0 Å². The molecule has 2 N–H and O–H groups in total. The van der Waals surface area contributed by atoms with E-state index in [-0.39, 0.29) is 23.4 Å². The number of amides is 1. The van der Waals surface area contributed by atoms with Crippen molar-refractivity contribution < 1.29 is 45.3 Å². The predicted molar refractivity (Wildman–Crippen MR) is 167 cm³/mol. The van der Waals surface area contributed by atoms with Crippen LogP contribution in [0.15, 0.2) is 59.6 Å². The molecule has 254 valence electrons. The Morgan fingerprint density at radius 1 is 1.12 bits per heavy atom. The Bertz CT molecular complexity index is 1660. The number of aliphatic imine (C=N–C) groups is 1. The molecule has 4 rings (SSSR count). The molecule has 2 aliphatic rings. The van der Waals surface area contributed by atoms with Gasteiger partial charge in [-0.15, -0.1) is 0 Å². The van der Waals surface area contributed by atoms with Gasteiger partial charge in [0.05, 0.1) is 5.56 Å². The van der Waals surface area contributed by atoms with Crippen molar-refractivity contribution in [3.63, 3.8) is 0 Å². The fraction of sp³-hybridized carbons (Fsp3) is 0.375. The number of nitriles is 1. The molecule has 1 amide bonds. The Labute approximate surface area is 273 Å². The molecule has 1 saturated heterocycles. The van der Waals surface area contributed by atoms with E-state index < -0.39 is 53.6 Å². The molecule has 0 saturated carbocycles. The van der Waals surface area contributed by atoms with Gasteiger partial charge in [-0.25, -0.2) is 0 Å². The number of ether oxygens (including phenoxy) is 2. The summed E-state index contributed by atoms with van der Waals surface area (Å²) in [4.78, 5) is 18.8. The van der Waals surface area contributed by atoms with E-state index >= 15 is 0 Å². The molecule has 0 bridgehead atoms. The molecule has 0 spiro atoms. The summed E-state index contributed by atoms with van der Waals surface area (Å²) in [6, 6.07) is 7.87. The summed E-state index contributed by atoms with van der Waals surface area (Å²) in [6.07, 6.45) is -3.44. The van der Waals surface area contributed by atoms with Gasteiger partial charge in [0.25, 0.3) is 0 Å². The number of halogens is 6. The average Bonchev–Trinajstić information content (AvgIpc) is 3.50. The van der Waals surface area contributed by atoms with Gasteiger partial charge in [-0.05, 0) is 17.7 Å². The number of likely N-dealkylation sites (tertiary alicyclic amines) is 1. The minimum atomic E-state index is -4.81. The first-order chi connectivity index (χ1) is 22.6. The number of carbonyl (C=O) groups excluding carboxylic acids is 1. The first-order valence-electron chi connectivity index (χ1n) is 14.8. The summed E-state index contributed by atoms with van der Waals surface area (Å²) in [5.74, 6) is -0.0650. The fourth-order valence-corrected chi connectivity index (χ4v) is 5.10. The SMILES string of the molecule is CC(C)(C)OC(=O)NC(=BOC#N)N1CCCC1C1=NCC=C(c2ccc(OC/C=C/c3ccccc3C(F)(F)F)c(C(F)(F)F)c2)N1. The monoisotopic (exact) mass is 675 g/mol. The number of carbonyl (C=O) groups is 1. The normalized spacial score (nSPS) is 17.1. The van der Waals surface area contributed by atoms with Crippen molar-refractivity contribution in [1.82, 2.24) is 15.5 Å². The Morgan fingerprint density at radius 2 is 1.85 bits per heavy atom. The number of rotatable bonds is 9. The van der Waals surface area contributed by atoms with Crippen LogP contribution < -0.4 is 15.4 Å². The van der Waals surface area contributed by atoms with Crippen LogP contribution in [0, 0.1) is 11.5 Å². The van der Waals surface area contributed by atoms with Gasteiger partial charge >= 0.3 is 213 Å². The molecule has 48 heavy (non-hydrogen) atoms. The topological polar surface area (TPSA) is 108 Å². The molecule has 1 unspecified atom stereocenters. The zero-order valence-corrected chi connectivity index (χ0v) is 26.2. The maximum atomic E-state index is 14.1. The third-order valence-electron chi connectivity index (χ3n) is 7.04. The third-order valence-corrected chi connectivity index (χ3v) is 7.04. The minimum absolute atomic E-state index is 0.144. The molecule has 2 aromatic carbocycles. The second kappa shape index (κ2) is 14.9. The molecule has 0 aliphatic carbocycles. The van der Waals surface area contributed by atoms with E-state index in [1.54, 1.807) is 31.7 Å². The Morgan fingerprint density at radius 3 is 2.54 bits per heavy atom. The molecular weight excluding hydrogens is 643 g/mol. The summed E-state index contributed by atoms with van der Waals surface area (Å²) in [6.45, 7) is 5.26. The quantitative estimate of drug-likeness (QED) is 0.181. The maximum absolute atomic E-state index is 14.1. The van der Waals surface area contributed by atoms with Crippen LogP contribution in [0.25, 0.3) is 11.8 Å². The van der Waals surface area contributed by atoms with E-state index in [9.17, 15) is 31.1 Å². The van der Waals surface area contributed by atoms with Gasteiger partial charge in [-0.1, -0.05) is 24.3 Å². The summed E-state index contributed by atoms with van der Waals surface area (Å²) < 4.78 is 97.7. The molecule has 1 fully saturated rings. The number of nitrogens with zero attached hydrogens (tertiary/aromatic N) is 3. The van der Waals surface area contributed by atoms with Crippen LogP contribution in [-0.4, -0.2) is 61.0 Å². The van der Waals surface area contributed by atoms with Crippen molar-refractivity contribution in [3.05, 3.63) is 76.9 Å². The molecule has 0 radical (unpaired) electrons. The third kappa shape index (κ3) is 9.55. The van der Waals surface area contributed by atoms with Crippen LogP contribution in [0.4, 0.5) is 31.1 Å². The van der Waals surface area contributed by atoms with Crippen LogP contribution >= 0.6 is 0 Å². The second-order valence-electron chi connectivity index (χ2n) is 11.7. The van der Waals surface area contributed by atoms with Crippen molar-refractivity contribution in [2.24, 2.45) is 4.99 Å². The summed E-state index contributed by atoms with van der Waals surface area (Å²) >= 11 is 0. The molecular formula is C32H32BF6N5O4. The van der Waals surface area contributed by atoms with E-state index in [1.165, 1.54) is 36.6 Å². The van der Waals surface area contributed by atoms with Gasteiger partial charge in [-0.3, -0.25) is 0 Å². The van der Waals surface area contributed by atoms with E-state index in [4.69, 9.17) is 19.4 Å². The van der Waals surface area contributed by atoms with Crippen LogP contribution in [-0.2, 0) is 21.7 Å². The number of hydrogen-bond donors (Lipinski definition) is 2. The first-order valence-corrected chi connectivity index (χ1v) is 14.8. The molecule has 2 aromatic rings. The van der Waals surface area contributed by atoms with Crippen LogP contribution in [0.3, 0.4) is 0 Å². The van der Waals surface area contributed by atoms with E-state index in [0.29, 0.717) is 30.9 Å². The van der Waals surface area contributed by atoms with Crippen LogP contribution in [0.1, 0.15) is 55.9 Å². The molecule has 2 aliphatic heterocycles. The number of nitrogens with one attached hydrogen (secondary N) is 2. The van der Waals surface area contributed by atoms with Gasteiger partial charge in [0, 0.05) is 0 Å². The predicted octanol–water partition coefficient (Wildman–Crippen LogP) is 6.35. The van der Waals surface area contributed by atoms with Crippen molar-refractivity contribution in [1.29, 1.82) is 5.26 Å². The van der Waals surface area contributed by atoms with Crippen LogP contribution in [0.5, 0.6) is 5.75 Å². The number of alkyl halides is 6. The van der Waals surface area contributed by atoms with Crippen molar-refractivity contribution in [2.75, 3.05) is 19.7 Å². The zero-order valence-electron chi connectivity index (χ0n) is 26.2. The number of hydrogen-bond acceptors (Lipinski definition) is 8. The summed E-state index contributed by atoms with van der Waals surface area (Å²) in [5.41, 5.74) is -2.19. The Kier molecular flexibility index (Phi) is 11.1. The number of benzene rings is 2. The zero-order chi connectivity index (χ0) is 35.1. The van der Waals surface area contributed by atoms with Gasteiger partial charge in [-0.2, -0.15) is 13.2 Å². The molecule has 2 heterocycles. The average molecular weight is 675 g/mol. The standard InChI is InChI=1S/C32H32BF6N5O4/c1-30(2,3)48-29(45)43-28(33-47-19-40)44-16-6-11-25(44)27-41-15-14-24(42-27)21-12-13-26(23(18-21)32(37,38)39)46-17-7-9-20-8-4-5-10-22(20)31(34,35)36/h4-5,7-10,12-14,18,25H,6,11,15-17H2,1-3H3,(H,41,42)(H,43,45)/b9-7+. The van der Waals surface area contributed by atoms with Crippen molar-refractivity contribution in [3.8, 4) is 12.0 Å². The van der Waals surface area contributed by atoms with Gasteiger partial charge in [0.15, 0.2) is 0 Å². The van der Waals surface area contributed by atoms with Gasteiger partial charge < -0.3 is 0 Å². The summed E-state index contributed by atoms with van der Waals surface area (Å²) in [5, 5.41) is 14.6. The van der Waals surface area contributed by atoms with Crippen LogP contribution in [0.2, 0.25) is 0 Å². The van der Waals surface area contributed by atoms with E-state index in [2.05, 4.69) is 15.6 Å². The number of alkyl carbamates (subject to hydrolysis) is 1. The summed E-state index contributed by atoms with van der Waals surface area (Å²) in [7, 11) is 1.07. The van der Waals surface area contributed by atoms with Crippen molar-refractivity contribution >= 4 is 36.5 Å². The fourth-order valence-electron chi connectivity index (χ4n) is 5.10. The first kappa shape index (κ1) is 35.9. The van der Waals surface area contributed by atoms with Crippen molar-refractivity contribution in [2.45, 2.75) is 57.6 Å². The van der Waals surface area contributed by atoms with Gasteiger partial charge in [0.2, 0.25) is 0 Å². The Balaban J connectivity index is 1.50. The molecule has 16 heteroatoms. The van der Waals surface area contributed by atoms with E-state index in [1.807, 2.05) is 0 Å².